The maximum absolute atomic E-state index is 13.3. The maximum Gasteiger partial charge on any atom is 0.417 e. The van der Waals surface area contributed by atoms with Gasteiger partial charge in [-0.25, -0.2) is 4.98 Å². The minimum Gasteiger partial charge on any atom is -0.486 e. The van der Waals surface area contributed by atoms with E-state index >= 15 is 0 Å². The summed E-state index contributed by atoms with van der Waals surface area (Å²) in [4.78, 5) is 16.3. The zero-order valence-corrected chi connectivity index (χ0v) is 15.5. The molecule has 3 rings (SSSR count). The van der Waals surface area contributed by atoms with Gasteiger partial charge < -0.3 is 14.6 Å². The summed E-state index contributed by atoms with van der Waals surface area (Å²) < 4.78 is 47.4. The summed E-state index contributed by atoms with van der Waals surface area (Å²) in [5.74, 6) is 0.415. The van der Waals surface area contributed by atoms with Crippen LogP contribution in [0, 0.1) is 0 Å². The first-order chi connectivity index (χ1) is 13.8. The summed E-state index contributed by atoms with van der Waals surface area (Å²) in [6.45, 7) is 0.268. The van der Waals surface area contributed by atoms with Crippen LogP contribution < -0.4 is 10.1 Å². The Morgan fingerprint density at radius 3 is 2.41 bits per heavy atom. The van der Waals surface area contributed by atoms with Crippen molar-refractivity contribution in [1.29, 1.82) is 0 Å². The molecule has 1 N–H and O–H groups in total. The number of carbonyl (C=O) groups excluding carboxylic acids is 1. The Labute approximate surface area is 165 Å². The first-order valence-electron chi connectivity index (χ1n) is 8.67. The molecule has 1 amide bonds. The van der Waals surface area contributed by atoms with Crippen molar-refractivity contribution in [3.05, 3.63) is 84.5 Å². The van der Waals surface area contributed by atoms with Gasteiger partial charge in [0, 0.05) is 31.2 Å². The van der Waals surface area contributed by atoms with Crippen molar-refractivity contribution in [1.82, 2.24) is 9.55 Å². The average molecular weight is 401 g/mol. The number of rotatable bonds is 6. The van der Waals surface area contributed by atoms with Crippen LogP contribution in [0.5, 0.6) is 5.75 Å². The lowest BCUT2D eigenvalue weighted by atomic mass is 10.1. The van der Waals surface area contributed by atoms with Gasteiger partial charge in [0.2, 0.25) is 5.91 Å². The van der Waals surface area contributed by atoms with Crippen LogP contribution in [0.4, 0.5) is 18.9 Å². The Hall–Kier alpha value is -3.55. The third kappa shape index (κ3) is 5.47. The van der Waals surface area contributed by atoms with E-state index in [-0.39, 0.29) is 12.2 Å². The molecule has 0 unspecified atom stereocenters. The van der Waals surface area contributed by atoms with Gasteiger partial charge in [0.1, 0.15) is 18.2 Å². The number of nitrogens with zero attached hydrogens (tertiary/aromatic N) is 2. The number of allylic oxidation sites excluding steroid dienone is 1. The highest BCUT2D eigenvalue weighted by atomic mass is 19.4. The van der Waals surface area contributed by atoms with Crippen LogP contribution in [0.25, 0.3) is 5.57 Å². The van der Waals surface area contributed by atoms with E-state index in [1.165, 1.54) is 24.3 Å². The predicted octanol–water partition coefficient (Wildman–Crippen LogP) is 4.58. The highest BCUT2D eigenvalue weighted by molar-refractivity contribution is 6.04. The monoisotopic (exact) mass is 401 g/mol. The van der Waals surface area contributed by atoms with Crippen LogP contribution in [-0.2, 0) is 18.4 Å². The molecule has 8 heteroatoms. The number of aromatic nitrogens is 2. The van der Waals surface area contributed by atoms with Crippen molar-refractivity contribution >= 4 is 17.2 Å². The lowest BCUT2D eigenvalue weighted by molar-refractivity contribution is -0.112. The maximum atomic E-state index is 13.3. The number of anilines is 1. The van der Waals surface area contributed by atoms with Crippen LogP contribution in [0.2, 0.25) is 0 Å². The zero-order chi connectivity index (χ0) is 20.9. The number of benzene rings is 2. The van der Waals surface area contributed by atoms with Crippen LogP contribution >= 0.6 is 0 Å². The Balaban J connectivity index is 1.66. The normalized spacial score (nSPS) is 11.9. The predicted molar refractivity (Wildman–Crippen MR) is 103 cm³/mol. The number of hydrogen-bond donors (Lipinski definition) is 1. The van der Waals surface area contributed by atoms with Crippen LogP contribution in [-0.4, -0.2) is 21.6 Å². The van der Waals surface area contributed by atoms with Gasteiger partial charge in [-0.05, 0) is 29.8 Å². The molecule has 5 nitrogen and oxygen atoms in total. The Bertz CT molecular complexity index is 994. The number of alkyl halides is 3. The Morgan fingerprint density at radius 2 is 1.83 bits per heavy atom. The molecule has 0 fully saturated rings. The number of hydrogen-bond acceptors (Lipinski definition) is 3. The molecule has 0 spiro atoms. The van der Waals surface area contributed by atoms with E-state index in [1.54, 1.807) is 42.7 Å². The largest absolute Gasteiger partial charge is 0.486 e. The molecule has 0 bridgehead atoms. The van der Waals surface area contributed by atoms with Gasteiger partial charge in [-0.15, -0.1) is 0 Å². The van der Waals surface area contributed by atoms with Crippen LogP contribution in [0.15, 0.2) is 73.1 Å². The lowest BCUT2D eigenvalue weighted by Crippen LogP contribution is -2.16. The molecule has 1 aromatic heterocycles. The molecule has 0 aliphatic carbocycles. The number of halogens is 3. The molecule has 0 saturated heterocycles. The van der Waals surface area contributed by atoms with E-state index in [0.717, 1.165) is 5.82 Å². The fourth-order valence-electron chi connectivity index (χ4n) is 2.57. The van der Waals surface area contributed by atoms with E-state index in [4.69, 9.17) is 4.74 Å². The quantitative estimate of drug-likeness (QED) is 0.615. The minimum absolute atomic E-state index is 0.0758. The smallest absolute Gasteiger partial charge is 0.417 e. The number of imidazole rings is 1. The summed E-state index contributed by atoms with van der Waals surface area (Å²) in [7, 11) is 1.85. The van der Waals surface area contributed by atoms with E-state index in [2.05, 4.69) is 10.3 Å². The van der Waals surface area contributed by atoms with Gasteiger partial charge in [-0.2, -0.15) is 13.2 Å². The van der Waals surface area contributed by atoms with E-state index < -0.39 is 17.7 Å². The highest BCUT2D eigenvalue weighted by Gasteiger charge is 2.35. The van der Waals surface area contributed by atoms with Crippen molar-refractivity contribution in [2.24, 2.45) is 7.05 Å². The molecule has 2 aromatic carbocycles. The van der Waals surface area contributed by atoms with E-state index in [0.29, 0.717) is 17.5 Å². The molecule has 0 radical (unpaired) electrons. The summed E-state index contributed by atoms with van der Waals surface area (Å²) in [6.07, 6.45) is -0.632. The van der Waals surface area contributed by atoms with Crippen molar-refractivity contribution in [2.75, 3.05) is 5.32 Å². The van der Waals surface area contributed by atoms with Crippen molar-refractivity contribution < 1.29 is 22.7 Å². The fraction of sp³-hybridized carbons (Fsp3) is 0.143. The molecule has 0 aliphatic rings. The zero-order valence-electron chi connectivity index (χ0n) is 15.5. The molecular weight excluding hydrogens is 383 g/mol. The molecule has 29 heavy (non-hydrogen) atoms. The molecule has 0 saturated carbocycles. The van der Waals surface area contributed by atoms with Crippen molar-refractivity contribution in [3.63, 3.8) is 0 Å². The Morgan fingerprint density at radius 1 is 1.14 bits per heavy atom. The second kappa shape index (κ2) is 8.64. The van der Waals surface area contributed by atoms with E-state index in [9.17, 15) is 18.0 Å². The second-order valence-electron chi connectivity index (χ2n) is 6.18. The van der Waals surface area contributed by atoms with Gasteiger partial charge in [0.05, 0.1) is 5.57 Å². The van der Waals surface area contributed by atoms with Crippen molar-refractivity contribution in [2.45, 2.75) is 12.8 Å². The summed E-state index contributed by atoms with van der Waals surface area (Å²) in [5.41, 5.74) is -0.732. The molecule has 1 heterocycles. The third-order valence-corrected chi connectivity index (χ3v) is 4.08. The molecule has 3 aromatic rings. The number of carbonyl (C=O) groups is 1. The number of nitrogens with one attached hydrogen (secondary N) is 1. The van der Waals surface area contributed by atoms with Gasteiger partial charge in [-0.3, -0.25) is 4.79 Å². The van der Waals surface area contributed by atoms with Gasteiger partial charge in [0.25, 0.3) is 0 Å². The number of aryl methyl sites for hydroxylation is 1. The standard InChI is InChI=1S/C21H18F3N3O2/c1-27-12-11-25-19(27)14-29-17-9-7-16(8-10-17)26-20(28)13-18(21(22,23)24)15-5-3-2-4-6-15/h2-13H,14H2,1H3,(H,26,28)/b18-13-. The lowest BCUT2D eigenvalue weighted by Gasteiger charge is -2.12. The summed E-state index contributed by atoms with van der Waals surface area (Å²) in [6, 6.07) is 13.5. The summed E-state index contributed by atoms with van der Waals surface area (Å²) >= 11 is 0. The number of amides is 1. The van der Waals surface area contributed by atoms with Crippen molar-refractivity contribution in [3.8, 4) is 5.75 Å². The average Bonchev–Trinajstić information content (AvgIpc) is 3.10. The first-order valence-corrected chi connectivity index (χ1v) is 8.67. The number of ether oxygens (including phenoxy) is 1. The van der Waals surface area contributed by atoms with E-state index in [1.807, 2.05) is 11.6 Å². The second-order valence-corrected chi connectivity index (χ2v) is 6.18. The minimum atomic E-state index is -4.65. The van der Waals surface area contributed by atoms with Crippen LogP contribution in [0.1, 0.15) is 11.4 Å². The summed E-state index contributed by atoms with van der Waals surface area (Å²) in [5, 5.41) is 2.43. The molecule has 0 atom stereocenters. The molecule has 0 aliphatic heterocycles. The SMILES string of the molecule is Cn1ccnc1COc1ccc(NC(=O)/C=C(/c2ccccc2)C(F)(F)F)cc1. The van der Waals surface area contributed by atoms with Gasteiger partial charge in [-0.1, -0.05) is 30.3 Å². The highest BCUT2D eigenvalue weighted by Crippen LogP contribution is 2.33. The van der Waals surface area contributed by atoms with Gasteiger partial charge in [0.15, 0.2) is 0 Å². The molecule has 150 valence electrons. The Kier molecular flexibility index (Phi) is 6.01. The third-order valence-electron chi connectivity index (χ3n) is 4.08. The molecular formula is C21H18F3N3O2. The topological polar surface area (TPSA) is 56.1 Å². The first kappa shape index (κ1) is 20.2. The van der Waals surface area contributed by atoms with Crippen LogP contribution in [0.3, 0.4) is 0 Å². The fourth-order valence-corrected chi connectivity index (χ4v) is 2.57. The van der Waals surface area contributed by atoms with Gasteiger partial charge >= 0.3 is 6.18 Å².